The van der Waals surface area contributed by atoms with Gasteiger partial charge in [0.15, 0.2) is 5.15 Å². The molecule has 2 unspecified atom stereocenters. The van der Waals surface area contributed by atoms with Crippen LogP contribution in [0.25, 0.3) is 44.5 Å². The molecule has 6 heterocycles. The number of hydrogen-bond donors (Lipinski definition) is 3. The molecule has 1 aliphatic carbocycles. The van der Waals surface area contributed by atoms with Crippen molar-refractivity contribution in [2.75, 3.05) is 27.3 Å². The number of pyridine rings is 1. The fourth-order valence-electron chi connectivity index (χ4n) is 9.56. The van der Waals surface area contributed by atoms with E-state index in [0.717, 1.165) is 75.2 Å². The SMILES string of the molecule is COC(=O)N[C@H]1CCc2ccn3c2C1C(=O)C[C@H](c1ncc(-c2cnc4cc(-c5ccc(-c6[nH]c([C@@H]7CCCN7C(=O)[C@@H](OC)C(C)CN=C=O)nc6Cl)cc5)ccc4c2)[nH]1)C3. The Morgan fingerprint density at radius 3 is 2.60 bits per heavy atom. The number of hydrogen-bond acceptors (Lipinski definition) is 10. The molecule has 0 bridgehead atoms. The summed E-state index contributed by atoms with van der Waals surface area (Å²) in [4.78, 5) is 76.8. The van der Waals surface area contributed by atoms with Gasteiger partial charge in [-0.05, 0) is 60.6 Å². The van der Waals surface area contributed by atoms with Crippen molar-refractivity contribution in [3.8, 4) is 33.6 Å². The smallest absolute Gasteiger partial charge is 0.407 e. The number of aromatic amines is 2. The summed E-state index contributed by atoms with van der Waals surface area (Å²) in [6.07, 6.45) is 9.23. The molecule has 6 aromatic rings. The van der Waals surface area contributed by atoms with E-state index in [1.54, 1.807) is 11.1 Å². The van der Waals surface area contributed by atoms with E-state index in [2.05, 4.69) is 60.2 Å². The molecule has 9 rings (SSSR count). The highest BCUT2D eigenvalue weighted by molar-refractivity contribution is 6.32. The van der Waals surface area contributed by atoms with Crippen LogP contribution in [0, 0.1) is 5.92 Å². The zero-order valence-electron chi connectivity index (χ0n) is 34.6. The highest BCUT2D eigenvalue weighted by Crippen LogP contribution is 2.41. The summed E-state index contributed by atoms with van der Waals surface area (Å²) in [5.41, 5.74) is 8.20. The highest BCUT2D eigenvalue weighted by atomic mass is 35.5. The Hall–Kier alpha value is -6.41. The monoisotopic (exact) mass is 855 g/mol. The van der Waals surface area contributed by atoms with Crippen molar-refractivity contribution in [1.29, 1.82) is 0 Å². The molecule has 0 spiro atoms. The molecule has 0 radical (unpaired) electrons. The molecule has 15 nitrogen and oxygen atoms in total. The number of carbonyl (C=O) groups excluding carboxylic acids is 4. The number of alkyl carbamates (subject to hydrolysis) is 1. The summed E-state index contributed by atoms with van der Waals surface area (Å²) < 4.78 is 12.6. The number of ether oxygens (including phenoxy) is 2. The lowest BCUT2D eigenvalue weighted by Crippen LogP contribution is -2.44. The Labute approximate surface area is 362 Å². The molecule has 2 aliphatic heterocycles. The molecular weight excluding hydrogens is 810 g/mol. The van der Waals surface area contributed by atoms with Crippen molar-refractivity contribution in [2.24, 2.45) is 10.9 Å². The molecular formula is C46H46ClN9O6. The number of carbonyl (C=O) groups is 3. The van der Waals surface area contributed by atoms with Crippen LogP contribution in [-0.2, 0) is 36.8 Å². The third-order valence-electron chi connectivity index (χ3n) is 12.7. The minimum absolute atomic E-state index is 0.0818. The zero-order chi connectivity index (χ0) is 43.1. The van der Waals surface area contributed by atoms with Crippen molar-refractivity contribution >= 4 is 46.4 Å². The van der Waals surface area contributed by atoms with Crippen LogP contribution in [0.4, 0.5) is 4.79 Å². The quantitative estimate of drug-likeness (QED) is 0.0887. The van der Waals surface area contributed by atoms with E-state index in [0.29, 0.717) is 42.6 Å². The molecule has 3 aliphatic rings. The van der Waals surface area contributed by atoms with Gasteiger partial charge in [-0.25, -0.2) is 24.5 Å². The summed E-state index contributed by atoms with van der Waals surface area (Å²) in [6.45, 7) is 3.13. The highest BCUT2D eigenvalue weighted by Gasteiger charge is 2.42. The van der Waals surface area contributed by atoms with Gasteiger partial charge in [-0.2, -0.15) is 0 Å². The lowest BCUT2D eigenvalue weighted by molar-refractivity contribution is -0.145. The number of Topliss-reactive ketones (excluding diaryl/α,β-unsaturated/α-hetero) is 1. The van der Waals surface area contributed by atoms with Crippen LogP contribution in [0.15, 0.2) is 78.2 Å². The van der Waals surface area contributed by atoms with Gasteiger partial charge in [0.05, 0.1) is 48.7 Å². The standard InChI is InChI=1S/C46H46ClN9O6/c1-25(20-48-24-57)41(61-2)45(59)56-15-4-5-36(56)44-53-39(42(47)54-44)27-8-6-26(7-9-27)29-10-11-30-17-31(21-49-34(30)18-29)35-22-50-43(51-35)32-19-37(58)38-33(52-46(60)62-3)13-12-28-14-16-55(23-32)40(28)38/h6-11,14,16-18,21-22,25,32-33,36,38,41H,4-5,12-13,15,19-20,23H2,1-3H3,(H,50,51)(H,52,60)(H,53,54)/t25?,32-,33-,36-,38?,41-/m0/s1. The van der Waals surface area contributed by atoms with Crippen LogP contribution in [0.5, 0.6) is 0 Å². The number of fused-ring (bicyclic) bond motifs is 1. The van der Waals surface area contributed by atoms with Gasteiger partial charge in [0.2, 0.25) is 6.08 Å². The van der Waals surface area contributed by atoms with Gasteiger partial charge in [0.25, 0.3) is 5.91 Å². The van der Waals surface area contributed by atoms with Crippen LogP contribution in [-0.4, -0.2) is 97.7 Å². The number of aliphatic imine (C=N–C) groups is 1. The van der Waals surface area contributed by atoms with Crippen molar-refractivity contribution in [1.82, 2.24) is 39.7 Å². The predicted octanol–water partition coefficient (Wildman–Crippen LogP) is 7.30. The van der Waals surface area contributed by atoms with Gasteiger partial charge in [-0.1, -0.05) is 54.9 Å². The average molecular weight is 856 g/mol. The number of H-pyrrole nitrogens is 2. The van der Waals surface area contributed by atoms with Gasteiger partial charge in [0.1, 0.15) is 23.5 Å². The van der Waals surface area contributed by atoms with Crippen molar-refractivity contribution < 1.29 is 28.7 Å². The molecule has 2 amide bonds. The summed E-state index contributed by atoms with van der Waals surface area (Å²) in [6, 6.07) is 17.8. The fraction of sp³-hybridized carbons (Fsp3) is 0.370. The Kier molecular flexibility index (Phi) is 11.3. The van der Waals surface area contributed by atoms with E-state index in [1.165, 1.54) is 20.3 Å². The predicted molar refractivity (Wildman–Crippen MR) is 231 cm³/mol. The number of ketones is 1. The van der Waals surface area contributed by atoms with E-state index in [-0.39, 0.29) is 42.2 Å². The summed E-state index contributed by atoms with van der Waals surface area (Å²) in [5.74, 6) is 0.361. The first-order chi connectivity index (χ1) is 30.1. The number of imidazole rings is 2. The Morgan fingerprint density at radius 1 is 1.00 bits per heavy atom. The summed E-state index contributed by atoms with van der Waals surface area (Å²) in [7, 11) is 2.82. The minimum atomic E-state index is -0.752. The number of nitrogens with zero attached hydrogens (tertiary/aromatic N) is 6. The number of methoxy groups -OCH3 is 2. The maximum atomic E-state index is 13.9. The van der Waals surface area contributed by atoms with Gasteiger partial charge in [-0.15, -0.1) is 0 Å². The second-order valence-electron chi connectivity index (χ2n) is 16.4. The fourth-order valence-corrected chi connectivity index (χ4v) is 9.81. The molecule has 16 heteroatoms. The molecule has 1 saturated heterocycles. The summed E-state index contributed by atoms with van der Waals surface area (Å²) in [5, 5.41) is 4.20. The number of aromatic nitrogens is 6. The topological polar surface area (TPSA) is 190 Å². The maximum Gasteiger partial charge on any atom is 0.407 e. The van der Waals surface area contributed by atoms with Crippen LogP contribution in [0.1, 0.15) is 73.4 Å². The summed E-state index contributed by atoms with van der Waals surface area (Å²) >= 11 is 6.71. The zero-order valence-corrected chi connectivity index (χ0v) is 35.3. The Balaban J connectivity index is 0.888. The Bertz CT molecular complexity index is 2720. The third kappa shape index (κ3) is 7.72. The van der Waals surface area contributed by atoms with E-state index in [9.17, 15) is 19.2 Å². The number of nitrogens with one attached hydrogen (secondary N) is 3. The molecule has 3 N–H and O–H groups in total. The second-order valence-corrected chi connectivity index (χ2v) is 16.8. The number of amides is 2. The average Bonchev–Trinajstić information content (AvgIpc) is 4.11. The number of halogens is 1. The number of rotatable bonds is 11. The number of benzene rings is 2. The van der Waals surface area contributed by atoms with Crippen molar-refractivity contribution in [3.63, 3.8) is 0 Å². The van der Waals surface area contributed by atoms with Crippen LogP contribution in [0.2, 0.25) is 5.15 Å². The van der Waals surface area contributed by atoms with Gasteiger partial charge in [-0.3, -0.25) is 14.6 Å². The minimum Gasteiger partial charge on any atom is -0.453 e. The lowest BCUT2D eigenvalue weighted by atomic mass is 9.79. The first kappa shape index (κ1) is 41.0. The second kappa shape index (κ2) is 17.2. The van der Waals surface area contributed by atoms with Crippen molar-refractivity contribution in [2.45, 2.75) is 75.6 Å². The van der Waals surface area contributed by atoms with E-state index in [1.807, 2.05) is 43.6 Å². The molecule has 6 atom stereocenters. The lowest BCUT2D eigenvalue weighted by Gasteiger charge is -2.31. The third-order valence-corrected chi connectivity index (χ3v) is 13.0. The molecule has 0 saturated carbocycles. The van der Waals surface area contributed by atoms with E-state index >= 15 is 0 Å². The van der Waals surface area contributed by atoms with Gasteiger partial charge < -0.3 is 34.2 Å². The van der Waals surface area contributed by atoms with Crippen LogP contribution < -0.4 is 5.32 Å². The molecule has 2 aromatic carbocycles. The first-order valence-electron chi connectivity index (χ1n) is 20.9. The number of likely N-dealkylation sites (tertiary alicyclic amines) is 1. The first-order valence-corrected chi connectivity index (χ1v) is 21.2. The van der Waals surface area contributed by atoms with Crippen molar-refractivity contribution in [3.05, 3.63) is 101 Å². The Morgan fingerprint density at radius 2 is 1.81 bits per heavy atom. The van der Waals surface area contributed by atoms with Crippen LogP contribution >= 0.6 is 11.6 Å². The normalized spacial score (nSPS) is 20.6. The van der Waals surface area contributed by atoms with E-state index < -0.39 is 18.1 Å². The molecule has 318 valence electrons. The molecule has 4 aromatic heterocycles. The maximum absolute atomic E-state index is 13.9. The molecule has 1 fully saturated rings. The van der Waals surface area contributed by atoms with Gasteiger partial charge in [0, 0.05) is 79.1 Å². The molecule has 62 heavy (non-hydrogen) atoms. The number of isocyanates is 1. The van der Waals surface area contributed by atoms with Gasteiger partial charge >= 0.3 is 6.09 Å². The van der Waals surface area contributed by atoms with Crippen LogP contribution in [0.3, 0.4) is 0 Å². The van der Waals surface area contributed by atoms with E-state index in [4.69, 9.17) is 31.0 Å². The largest absolute Gasteiger partial charge is 0.453 e. The number of aryl methyl sites for hydroxylation is 1.